The third kappa shape index (κ3) is 2.47. The van der Waals surface area contributed by atoms with Crippen molar-refractivity contribution in [3.63, 3.8) is 0 Å². The number of allylic oxidation sites excluding steroid dienone is 1. The van der Waals surface area contributed by atoms with Gasteiger partial charge in [-0.2, -0.15) is 0 Å². The summed E-state index contributed by atoms with van der Waals surface area (Å²) < 4.78 is 11.4. The van der Waals surface area contributed by atoms with Crippen LogP contribution in [0.2, 0.25) is 0 Å². The first-order valence-corrected chi connectivity index (χ1v) is 9.13. The van der Waals surface area contributed by atoms with Gasteiger partial charge in [-0.15, -0.1) is 0 Å². The largest absolute Gasteiger partial charge is 0.454 e. The van der Waals surface area contributed by atoms with Crippen LogP contribution in [0.1, 0.15) is 60.3 Å². The fraction of sp³-hybridized carbons (Fsp3) is 0.700. The highest BCUT2D eigenvalue weighted by Crippen LogP contribution is 2.59. The Morgan fingerprint density at radius 1 is 1.44 bits per heavy atom. The van der Waals surface area contributed by atoms with Gasteiger partial charge in [0.15, 0.2) is 0 Å². The second-order valence-electron chi connectivity index (χ2n) is 8.04. The monoisotopic (exact) mass is 348 g/mol. The van der Waals surface area contributed by atoms with E-state index in [9.17, 15) is 14.7 Å². The number of fused-ring (bicyclic) bond motifs is 2. The van der Waals surface area contributed by atoms with Crippen LogP contribution in [0.25, 0.3) is 0 Å². The van der Waals surface area contributed by atoms with Gasteiger partial charge in [-0.05, 0) is 39.5 Å². The first-order chi connectivity index (χ1) is 11.7. The fourth-order valence-corrected chi connectivity index (χ4v) is 4.84. The highest BCUT2D eigenvalue weighted by Gasteiger charge is 2.65. The summed E-state index contributed by atoms with van der Waals surface area (Å²) in [4.78, 5) is 24.7. The number of aliphatic hydroxyl groups is 1. The molecule has 0 amide bonds. The number of rotatable bonds is 2. The molecule has 0 spiro atoms. The average Bonchev–Trinajstić information content (AvgIpc) is 2.83. The number of hydrogen-bond donors (Lipinski definition) is 1. The van der Waals surface area contributed by atoms with E-state index in [2.05, 4.69) is 6.92 Å². The molecule has 1 aliphatic heterocycles. The van der Waals surface area contributed by atoms with Gasteiger partial charge >= 0.3 is 11.9 Å². The maximum Gasteiger partial charge on any atom is 0.334 e. The van der Waals surface area contributed by atoms with Crippen molar-refractivity contribution in [3.8, 4) is 0 Å². The second-order valence-corrected chi connectivity index (χ2v) is 8.04. The minimum absolute atomic E-state index is 0.159. The molecule has 0 unspecified atom stereocenters. The third-order valence-electron chi connectivity index (χ3n) is 6.92. The zero-order chi connectivity index (χ0) is 18.6. The maximum atomic E-state index is 12.5. The summed E-state index contributed by atoms with van der Waals surface area (Å²) in [5.41, 5.74) is 0.112. The van der Waals surface area contributed by atoms with E-state index in [1.165, 1.54) is 0 Å². The highest BCUT2D eigenvalue weighted by molar-refractivity contribution is 5.93. The molecule has 2 saturated carbocycles. The lowest BCUT2D eigenvalue weighted by Gasteiger charge is -2.59. The van der Waals surface area contributed by atoms with Crippen molar-refractivity contribution in [2.45, 2.75) is 78.1 Å². The van der Waals surface area contributed by atoms with E-state index in [0.29, 0.717) is 24.0 Å². The van der Waals surface area contributed by atoms with E-state index in [-0.39, 0.29) is 11.9 Å². The molecule has 138 valence electrons. The van der Waals surface area contributed by atoms with Crippen LogP contribution in [-0.4, -0.2) is 34.9 Å². The van der Waals surface area contributed by atoms with Crippen LogP contribution in [0.5, 0.6) is 0 Å². The molecule has 0 radical (unpaired) electrons. The Hall–Kier alpha value is -1.62. The van der Waals surface area contributed by atoms with Crippen LogP contribution in [0.3, 0.4) is 0 Å². The van der Waals surface area contributed by atoms with Crippen LogP contribution in [0.4, 0.5) is 0 Å². The number of ether oxygens (including phenoxy) is 2. The van der Waals surface area contributed by atoms with Crippen LogP contribution >= 0.6 is 0 Å². The maximum absolute atomic E-state index is 12.5. The van der Waals surface area contributed by atoms with Crippen LogP contribution in [0.15, 0.2) is 22.8 Å². The van der Waals surface area contributed by atoms with Crippen molar-refractivity contribution >= 4 is 11.9 Å². The molecule has 25 heavy (non-hydrogen) atoms. The van der Waals surface area contributed by atoms with Crippen molar-refractivity contribution in [1.82, 2.24) is 0 Å². The minimum Gasteiger partial charge on any atom is -0.454 e. The molecule has 0 bridgehead atoms. The van der Waals surface area contributed by atoms with Gasteiger partial charge in [0, 0.05) is 28.6 Å². The molecule has 3 aliphatic rings. The zero-order valence-electron chi connectivity index (χ0n) is 15.7. The van der Waals surface area contributed by atoms with Crippen LogP contribution < -0.4 is 0 Å². The Bertz CT molecular complexity index is 676. The zero-order valence-corrected chi connectivity index (χ0v) is 15.7. The Balaban J connectivity index is 2.12. The van der Waals surface area contributed by atoms with Crippen LogP contribution in [0, 0.1) is 11.3 Å². The van der Waals surface area contributed by atoms with Gasteiger partial charge in [-0.1, -0.05) is 26.3 Å². The summed E-state index contributed by atoms with van der Waals surface area (Å²) in [6.45, 7) is 9.32. The average molecular weight is 348 g/mol. The van der Waals surface area contributed by atoms with Gasteiger partial charge in [0.2, 0.25) is 0 Å². The summed E-state index contributed by atoms with van der Waals surface area (Å²) in [5.74, 6) is -0.622. The minimum atomic E-state index is -1.02. The number of carbonyl (C=O) groups excluding carboxylic acids is 2. The quantitative estimate of drug-likeness (QED) is 0.613. The normalized spacial score (nSPS) is 41.1. The lowest BCUT2D eigenvalue weighted by Crippen LogP contribution is -2.65. The van der Waals surface area contributed by atoms with Crippen molar-refractivity contribution in [3.05, 3.63) is 22.8 Å². The van der Waals surface area contributed by atoms with Gasteiger partial charge in [0.1, 0.15) is 12.2 Å². The van der Waals surface area contributed by atoms with E-state index in [4.69, 9.17) is 9.47 Å². The molecule has 5 atom stereocenters. The second kappa shape index (κ2) is 5.97. The van der Waals surface area contributed by atoms with Gasteiger partial charge in [0.25, 0.3) is 0 Å². The molecule has 0 aromatic rings. The topological polar surface area (TPSA) is 72.8 Å². The van der Waals surface area contributed by atoms with Gasteiger partial charge in [0.05, 0.1) is 5.60 Å². The van der Waals surface area contributed by atoms with E-state index in [1.807, 2.05) is 6.92 Å². The Morgan fingerprint density at radius 3 is 2.76 bits per heavy atom. The molecule has 5 nitrogen and oxygen atoms in total. The summed E-state index contributed by atoms with van der Waals surface area (Å²) in [6, 6.07) is 0. The van der Waals surface area contributed by atoms with E-state index in [1.54, 1.807) is 26.8 Å². The van der Waals surface area contributed by atoms with Crippen molar-refractivity contribution < 1.29 is 24.2 Å². The standard InChI is InChI=1S/C20H28O5/c1-6-11(2)17(21)25-16-15-13(4)18(22)24-14(15)10-20(23)9-7-8-12(3)19(16,20)5/h6,12,14,16,23H,7-10H2,1-5H3/b11-6-/t12-,14-,16+,19-,20-/m0/s1. The van der Waals surface area contributed by atoms with Crippen LogP contribution in [-0.2, 0) is 19.1 Å². The predicted molar refractivity (Wildman–Crippen MR) is 92.6 cm³/mol. The lowest BCUT2D eigenvalue weighted by molar-refractivity contribution is -0.217. The summed E-state index contributed by atoms with van der Waals surface area (Å²) in [5, 5.41) is 11.5. The molecular formula is C20H28O5. The van der Waals surface area contributed by atoms with E-state index >= 15 is 0 Å². The fourth-order valence-electron chi connectivity index (χ4n) is 4.84. The summed E-state index contributed by atoms with van der Waals surface area (Å²) in [6.07, 6.45) is 3.44. The molecule has 1 N–H and O–H groups in total. The predicted octanol–water partition coefficient (Wildman–Crippen LogP) is 3.07. The number of hydrogen-bond acceptors (Lipinski definition) is 5. The molecule has 1 heterocycles. The van der Waals surface area contributed by atoms with Gasteiger partial charge < -0.3 is 14.6 Å². The molecule has 2 aliphatic carbocycles. The number of esters is 2. The van der Waals surface area contributed by atoms with Crippen molar-refractivity contribution in [1.29, 1.82) is 0 Å². The smallest absolute Gasteiger partial charge is 0.334 e. The Kier molecular flexibility index (Phi) is 4.34. The molecular weight excluding hydrogens is 320 g/mol. The first-order valence-electron chi connectivity index (χ1n) is 9.13. The molecule has 0 saturated heterocycles. The Labute approximate surface area is 149 Å². The number of carbonyl (C=O) groups is 2. The molecule has 0 aromatic heterocycles. The summed E-state index contributed by atoms with van der Waals surface area (Å²) in [7, 11) is 0. The van der Waals surface area contributed by atoms with Gasteiger partial charge in [-0.25, -0.2) is 9.59 Å². The Morgan fingerprint density at radius 2 is 2.12 bits per heavy atom. The van der Waals surface area contributed by atoms with E-state index in [0.717, 1.165) is 18.4 Å². The molecule has 3 rings (SSSR count). The molecule has 2 fully saturated rings. The lowest BCUT2D eigenvalue weighted by atomic mass is 9.50. The third-order valence-corrected chi connectivity index (χ3v) is 6.92. The molecule has 5 heteroatoms. The first kappa shape index (κ1) is 18.2. The molecule has 0 aromatic carbocycles. The van der Waals surface area contributed by atoms with Gasteiger partial charge in [-0.3, -0.25) is 0 Å². The SMILES string of the molecule is C/C=C(/C)C(=O)O[C@@H]1C2=C(C)C(=O)O[C@H]2C[C@@]2(O)CCC[C@H](C)[C@@]12C. The summed E-state index contributed by atoms with van der Waals surface area (Å²) >= 11 is 0. The van der Waals surface area contributed by atoms with Crippen molar-refractivity contribution in [2.75, 3.05) is 0 Å². The van der Waals surface area contributed by atoms with E-state index < -0.39 is 29.2 Å². The highest BCUT2D eigenvalue weighted by atomic mass is 16.6. The van der Waals surface area contributed by atoms with Crippen molar-refractivity contribution in [2.24, 2.45) is 11.3 Å².